The number of allylic oxidation sites excluding steroid dienone is 2. The Morgan fingerprint density at radius 2 is 1.43 bits per heavy atom. The highest BCUT2D eigenvalue weighted by molar-refractivity contribution is 5.60. The minimum absolute atomic E-state index is 0.277. The first-order valence-electron chi connectivity index (χ1n) is 12.4. The molecule has 0 saturated carbocycles. The molecule has 0 spiro atoms. The number of nitrogens with zero attached hydrogens (tertiary/aromatic N) is 2. The Kier molecular flexibility index (Phi) is 14.6. The zero-order valence-corrected chi connectivity index (χ0v) is 19.2. The molecule has 3 heteroatoms. The van der Waals surface area contributed by atoms with E-state index in [1.54, 1.807) is 0 Å². The van der Waals surface area contributed by atoms with E-state index in [-0.39, 0.29) is 12.4 Å². The number of hydrogen-bond donors (Lipinski definition) is 1. The van der Waals surface area contributed by atoms with E-state index >= 15 is 0 Å². The molecule has 3 unspecified atom stereocenters. The van der Waals surface area contributed by atoms with E-state index in [1.165, 1.54) is 89.9 Å². The van der Waals surface area contributed by atoms with Crippen LogP contribution in [0.2, 0.25) is 0 Å². The Bertz CT molecular complexity index is 419. The van der Waals surface area contributed by atoms with Gasteiger partial charge in [-0.3, -0.25) is 4.48 Å². The zero-order valence-electron chi connectivity index (χ0n) is 19.2. The first-order valence-corrected chi connectivity index (χ1v) is 12.4. The number of unbranched alkanes of at least 4 members (excludes halogenated alkanes) is 12. The van der Waals surface area contributed by atoms with E-state index in [0.717, 1.165) is 24.0 Å². The van der Waals surface area contributed by atoms with Crippen LogP contribution in [-0.2, 0) is 0 Å². The third-order valence-electron chi connectivity index (χ3n) is 6.60. The second-order valence-electron chi connectivity index (χ2n) is 8.77. The van der Waals surface area contributed by atoms with Gasteiger partial charge in [-0.15, -0.1) is 0 Å². The predicted molar refractivity (Wildman–Crippen MR) is 124 cm³/mol. The average molecular weight is 394 g/mol. The molecule has 0 aromatic heterocycles. The summed E-state index contributed by atoms with van der Waals surface area (Å²) in [7, 11) is 0. The van der Waals surface area contributed by atoms with Crippen molar-refractivity contribution < 1.29 is 9.59 Å². The number of rotatable bonds is 18. The average Bonchev–Trinajstić information content (AvgIpc) is 3.12. The van der Waals surface area contributed by atoms with Crippen LogP contribution in [0.1, 0.15) is 117 Å². The van der Waals surface area contributed by atoms with Gasteiger partial charge in [-0.2, -0.15) is 0 Å². The lowest BCUT2D eigenvalue weighted by Crippen LogP contribution is -2.57. The van der Waals surface area contributed by atoms with E-state index in [2.05, 4.69) is 31.0 Å². The Morgan fingerprint density at radius 1 is 0.893 bits per heavy atom. The fourth-order valence-corrected chi connectivity index (χ4v) is 4.49. The van der Waals surface area contributed by atoms with Crippen molar-refractivity contribution in [1.82, 2.24) is 0 Å². The van der Waals surface area contributed by atoms with Crippen molar-refractivity contribution in [3.63, 3.8) is 0 Å². The van der Waals surface area contributed by atoms with E-state index in [0.29, 0.717) is 0 Å². The molecule has 1 rings (SSSR count). The predicted octanol–water partition coefficient (Wildman–Crippen LogP) is 7.00. The van der Waals surface area contributed by atoms with E-state index in [1.807, 2.05) is 13.1 Å². The van der Waals surface area contributed by atoms with Gasteiger partial charge in [0.2, 0.25) is 0 Å². The normalized spacial score (nSPS) is 23.1. The van der Waals surface area contributed by atoms with Crippen LogP contribution in [0.3, 0.4) is 0 Å². The lowest BCUT2D eigenvalue weighted by Gasteiger charge is -2.40. The van der Waals surface area contributed by atoms with E-state index < -0.39 is 0 Å². The minimum Gasteiger partial charge on any atom is -0.345 e. The highest BCUT2D eigenvalue weighted by Crippen LogP contribution is 2.26. The molecule has 0 fully saturated rings. The van der Waals surface area contributed by atoms with E-state index in [9.17, 15) is 5.11 Å². The van der Waals surface area contributed by atoms with Crippen molar-refractivity contribution in [2.45, 2.75) is 129 Å². The largest absolute Gasteiger partial charge is 0.345 e. The van der Waals surface area contributed by atoms with Crippen LogP contribution in [0.15, 0.2) is 17.1 Å². The molecular weight excluding hydrogens is 344 g/mol. The van der Waals surface area contributed by atoms with Gasteiger partial charge in [0.15, 0.2) is 12.4 Å². The fraction of sp³-hybridized carbons (Fsp3) is 0.880. The summed E-state index contributed by atoms with van der Waals surface area (Å²) in [5.41, 5.74) is 0. The van der Waals surface area contributed by atoms with Crippen molar-refractivity contribution in [2.24, 2.45) is 4.99 Å². The van der Waals surface area contributed by atoms with Gasteiger partial charge >= 0.3 is 0 Å². The summed E-state index contributed by atoms with van der Waals surface area (Å²) >= 11 is 0. The highest BCUT2D eigenvalue weighted by Gasteiger charge is 2.41. The second kappa shape index (κ2) is 16.2. The van der Waals surface area contributed by atoms with Crippen molar-refractivity contribution in [2.75, 3.05) is 13.1 Å². The molecular formula is C25H49N2O+. The quantitative estimate of drug-likeness (QED) is 0.152. The molecule has 0 amide bonds. The summed E-state index contributed by atoms with van der Waals surface area (Å²) in [5.74, 6) is 0. The molecule has 0 aliphatic carbocycles. The first kappa shape index (κ1) is 25.4. The molecule has 0 radical (unpaired) electrons. The van der Waals surface area contributed by atoms with Crippen LogP contribution in [-0.4, -0.2) is 41.3 Å². The number of hydrogen-bond acceptors (Lipinski definition) is 2. The molecule has 3 nitrogen and oxygen atoms in total. The molecule has 0 saturated heterocycles. The van der Waals surface area contributed by atoms with Crippen LogP contribution in [0, 0.1) is 0 Å². The number of aliphatic imine (C=N–C) groups is 1. The fourth-order valence-electron chi connectivity index (χ4n) is 4.49. The van der Waals surface area contributed by atoms with Gasteiger partial charge in [0.05, 0.1) is 12.8 Å². The SMILES string of the molecule is CCCCCCCCC/C=C/CCCCCCCC1N=CC[N+]1(CC)C(C)O. The smallest absolute Gasteiger partial charge is 0.189 e. The molecule has 1 aliphatic heterocycles. The van der Waals surface area contributed by atoms with Crippen LogP contribution in [0.5, 0.6) is 0 Å². The Morgan fingerprint density at radius 3 is 1.96 bits per heavy atom. The van der Waals surface area contributed by atoms with E-state index in [4.69, 9.17) is 0 Å². The number of aliphatic hydroxyl groups excluding tert-OH is 1. The molecule has 164 valence electrons. The van der Waals surface area contributed by atoms with Gasteiger partial charge < -0.3 is 5.11 Å². The number of quaternary nitrogens is 1. The summed E-state index contributed by atoms with van der Waals surface area (Å²) in [6.07, 6.45) is 26.8. The molecule has 28 heavy (non-hydrogen) atoms. The van der Waals surface area contributed by atoms with Crippen molar-refractivity contribution in [3.05, 3.63) is 12.2 Å². The maximum Gasteiger partial charge on any atom is 0.189 e. The monoisotopic (exact) mass is 393 g/mol. The van der Waals surface area contributed by atoms with Crippen LogP contribution in [0.25, 0.3) is 0 Å². The van der Waals surface area contributed by atoms with Gasteiger partial charge in [0.1, 0.15) is 6.54 Å². The molecule has 1 N–H and O–H groups in total. The summed E-state index contributed by atoms with van der Waals surface area (Å²) in [4.78, 5) is 4.67. The van der Waals surface area contributed by atoms with Crippen LogP contribution in [0.4, 0.5) is 0 Å². The standard InChI is InChI=1S/C25H49N2O/c1-4-6-7-8-9-10-11-12-13-14-15-16-17-18-19-20-21-25-26-22-23-27(25,5-2)24(3)28/h13-14,22,24-25,28H,4-12,15-21,23H2,1-3H3/q+1/b14-13+. The lowest BCUT2D eigenvalue weighted by molar-refractivity contribution is -0.976. The number of aliphatic hydroxyl groups is 1. The zero-order chi connectivity index (χ0) is 20.5. The van der Waals surface area contributed by atoms with Crippen molar-refractivity contribution >= 4 is 6.21 Å². The maximum absolute atomic E-state index is 10.2. The minimum atomic E-state index is -0.314. The Hall–Kier alpha value is -0.670. The summed E-state index contributed by atoms with van der Waals surface area (Å²) in [5, 5.41) is 10.2. The molecule has 0 aromatic rings. The third-order valence-corrected chi connectivity index (χ3v) is 6.60. The van der Waals surface area contributed by atoms with Gasteiger partial charge in [-0.1, -0.05) is 76.9 Å². The van der Waals surface area contributed by atoms with Gasteiger partial charge in [0.25, 0.3) is 0 Å². The molecule has 3 atom stereocenters. The van der Waals surface area contributed by atoms with Crippen LogP contribution >= 0.6 is 0 Å². The first-order chi connectivity index (χ1) is 13.7. The molecule has 1 aliphatic rings. The van der Waals surface area contributed by atoms with Crippen molar-refractivity contribution in [3.8, 4) is 0 Å². The van der Waals surface area contributed by atoms with Gasteiger partial charge in [0, 0.05) is 13.3 Å². The van der Waals surface area contributed by atoms with Gasteiger partial charge in [-0.05, 0) is 39.0 Å². The lowest BCUT2D eigenvalue weighted by atomic mass is 10.1. The Balaban J connectivity index is 1.92. The topological polar surface area (TPSA) is 32.6 Å². The molecule has 0 aromatic carbocycles. The summed E-state index contributed by atoms with van der Waals surface area (Å²) in [6, 6.07) is 0. The molecule has 0 bridgehead atoms. The van der Waals surface area contributed by atoms with Gasteiger partial charge in [-0.25, -0.2) is 4.99 Å². The van der Waals surface area contributed by atoms with Crippen molar-refractivity contribution in [1.29, 1.82) is 0 Å². The highest BCUT2D eigenvalue weighted by atomic mass is 16.3. The maximum atomic E-state index is 10.2. The Labute approximate surface area is 175 Å². The summed E-state index contributed by atoms with van der Waals surface area (Å²) < 4.78 is 0.740. The summed E-state index contributed by atoms with van der Waals surface area (Å²) in [6.45, 7) is 8.24. The van der Waals surface area contributed by atoms with Crippen LogP contribution < -0.4 is 0 Å². The third kappa shape index (κ3) is 9.69. The second-order valence-corrected chi connectivity index (χ2v) is 8.77. The molecule has 1 heterocycles.